The van der Waals surface area contributed by atoms with E-state index in [1.54, 1.807) is 0 Å². The predicted molar refractivity (Wildman–Crippen MR) is 163 cm³/mol. The number of ether oxygens (including phenoxy) is 1. The third-order valence-electron chi connectivity index (χ3n) is 7.98. The molecule has 1 N–H and O–H groups in total. The second-order valence-corrected chi connectivity index (χ2v) is 12.6. The molecule has 0 radical (unpaired) electrons. The van der Waals surface area contributed by atoms with Gasteiger partial charge in [0.05, 0.1) is 11.3 Å². The summed E-state index contributed by atoms with van der Waals surface area (Å²) in [5.74, 6) is 1.45. The number of hydrogen-bond donors (Lipinski definition) is 1. The quantitative estimate of drug-likeness (QED) is 0.309. The lowest BCUT2D eigenvalue weighted by Crippen LogP contribution is -2.39. The van der Waals surface area contributed by atoms with Crippen molar-refractivity contribution in [3.63, 3.8) is 0 Å². The number of aromatic nitrogens is 1. The molecule has 3 heterocycles. The van der Waals surface area contributed by atoms with Crippen LogP contribution in [0, 0.1) is 5.92 Å². The highest BCUT2D eigenvalue weighted by Gasteiger charge is 2.28. The lowest BCUT2D eigenvalue weighted by Gasteiger charge is -2.30. The fourth-order valence-electron chi connectivity index (χ4n) is 5.90. The van der Waals surface area contributed by atoms with E-state index in [0.717, 1.165) is 77.9 Å². The lowest BCUT2D eigenvalue weighted by atomic mass is 9.90. The average molecular weight is 560 g/mol. The number of pyridine rings is 1. The van der Waals surface area contributed by atoms with Crippen LogP contribution in [-0.4, -0.2) is 52.1 Å². The van der Waals surface area contributed by atoms with Crippen molar-refractivity contribution in [1.82, 2.24) is 14.8 Å². The van der Waals surface area contributed by atoms with Crippen LogP contribution in [0.15, 0.2) is 66.9 Å². The highest BCUT2D eigenvalue weighted by molar-refractivity contribution is 6.30. The summed E-state index contributed by atoms with van der Waals surface area (Å²) in [7, 11) is 0. The van der Waals surface area contributed by atoms with Gasteiger partial charge in [-0.05, 0) is 86.2 Å². The Labute approximate surface area is 244 Å². The van der Waals surface area contributed by atoms with Gasteiger partial charge < -0.3 is 14.7 Å². The minimum Gasteiger partial charge on any atom is -0.487 e. The number of hydrogen-bond acceptors (Lipinski definition) is 5. The largest absolute Gasteiger partial charge is 0.487 e. The first-order valence-corrected chi connectivity index (χ1v) is 14.9. The second-order valence-electron chi connectivity index (χ2n) is 12.2. The summed E-state index contributed by atoms with van der Waals surface area (Å²) in [6.45, 7) is 14.0. The molecular weight excluding hydrogens is 518 g/mol. The van der Waals surface area contributed by atoms with Gasteiger partial charge in [-0.15, -0.1) is 0 Å². The Morgan fingerprint density at radius 2 is 1.95 bits per heavy atom. The number of aliphatic hydroxyl groups is 1. The Morgan fingerprint density at radius 1 is 1.15 bits per heavy atom. The van der Waals surface area contributed by atoms with E-state index in [-0.39, 0.29) is 0 Å². The maximum Gasteiger partial charge on any atom is 0.131 e. The maximum absolute atomic E-state index is 10.7. The van der Waals surface area contributed by atoms with E-state index in [4.69, 9.17) is 16.3 Å². The molecule has 2 aliphatic rings. The molecule has 0 bridgehead atoms. The molecule has 5 nitrogen and oxygen atoms in total. The van der Waals surface area contributed by atoms with Crippen molar-refractivity contribution in [2.24, 2.45) is 5.92 Å². The van der Waals surface area contributed by atoms with Crippen molar-refractivity contribution in [3.05, 3.63) is 99.8 Å². The first-order chi connectivity index (χ1) is 19.2. The topological polar surface area (TPSA) is 48.8 Å². The van der Waals surface area contributed by atoms with Crippen LogP contribution in [0.25, 0.3) is 5.57 Å². The van der Waals surface area contributed by atoms with Crippen molar-refractivity contribution in [3.8, 4) is 5.75 Å². The van der Waals surface area contributed by atoms with E-state index in [0.29, 0.717) is 18.6 Å². The number of likely N-dealkylation sites (tertiary alicyclic amines) is 1. The van der Waals surface area contributed by atoms with E-state index in [1.165, 1.54) is 12.0 Å². The molecule has 0 spiro atoms. The summed E-state index contributed by atoms with van der Waals surface area (Å²) in [6, 6.07) is 19.0. The van der Waals surface area contributed by atoms with Crippen LogP contribution in [0.1, 0.15) is 68.5 Å². The van der Waals surface area contributed by atoms with E-state index < -0.39 is 5.60 Å². The van der Waals surface area contributed by atoms with Gasteiger partial charge in [-0.25, -0.2) is 0 Å². The molecule has 1 saturated heterocycles. The van der Waals surface area contributed by atoms with E-state index in [2.05, 4.69) is 59.0 Å². The van der Waals surface area contributed by atoms with Gasteiger partial charge in [0, 0.05) is 54.6 Å². The smallest absolute Gasteiger partial charge is 0.131 e. The number of rotatable bonds is 9. The van der Waals surface area contributed by atoms with Crippen molar-refractivity contribution in [2.45, 2.75) is 65.3 Å². The number of nitrogens with zero attached hydrogens (tertiary/aromatic N) is 3. The SMILES string of the molecule is CC(C)CN(Cc1ccc(Cl)cc1)C1CCN(CC/C=C2/c3cc(C(C)(C)O)ccc3OCc3ncccc32)C1. The molecule has 3 aromatic rings. The van der Waals surface area contributed by atoms with Gasteiger partial charge in [0.1, 0.15) is 12.4 Å². The summed E-state index contributed by atoms with van der Waals surface area (Å²) in [4.78, 5) is 9.88. The Balaban J connectivity index is 1.32. The van der Waals surface area contributed by atoms with Crippen molar-refractivity contribution in [1.29, 1.82) is 0 Å². The number of halogens is 1. The third kappa shape index (κ3) is 6.95. The lowest BCUT2D eigenvalue weighted by molar-refractivity contribution is 0.0785. The Hall–Kier alpha value is -2.70. The first-order valence-electron chi connectivity index (χ1n) is 14.5. The fourth-order valence-corrected chi connectivity index (χ4v) is 6.02. The summed E-state index contributed by atoms with van der Waals surface area (Å²) >= 11 is 6.13. The van der Waals surface area contributed by atoms with Crippen LogP contribution in [0.4, 0.5) is 0 Å². The van der Waals surface area contributed by atoms with Crippen LogP contribution in [-0.2, 0) is 18.8 Å². The maximum atomic E-state index is 10.7. The van der Waals surface area contributed by atoms with Crippen molar-refractivity contribution < 1.29 is 9.84 Å². The summed E-state index contributed by atoms with van der Waals surface area (Å²) in [6.07, 6.45) is 6.30. The number of benzene rings is 2. The minimum atomic E-state index is -0.928. The van der Waals surface area contributed by atoms with Gasteiger partial charge in [0.15, 0.2) is 0 Å². The summed E-state index contributed by atoms with van der Waals surface area (Å²) in [5.41, 5.74) is 5.49. The van der Waals surface area contributed by atoms with Crippen LogP contribution in [0.2, 0.25) is 5.02 Å². The first kappa shape index (κ1) is 28.8. The van der Waals surface area contributed by atoms with Crippen molar-refractivity contribution >= 4 is 17.2 Å². The van der Waals surface area contributed by atoms with Crippen LogP contribution in [0.3, 0.4) is 0 Å². The molecule has 1 unspecified atom stereocenters. The molecule has 1 fully saturated rings. The van der Waals surface area contributed by atoms with E-state index in [1.807, 2.05) is 50.4 Å². The molecule has 1 aromatic heterocycles. The average Bonchev–Trinajstić information content (AvgIpc) is 3.33. The summed E-state index contributed by atoms with van der Waals surface area (Å²) in [5, 5.41) is 11.5. The highest BCUT2D eigenvalue weighted by atomic mass is 35.5. The Bertz CT molecular complexity index is 1330. The predicted octanol–water partition coefficient (Wildman–Crippen LogP) is 6.91. The zero-order valence-electron chi connectivity index (χ0n) is 24.2. The minimum absolute atomic E-state index is 0.440. The van der Waals surface area contributed by atoms with E-state index >= 15 is 0 Å². The molecule has 1 atom stereocenters. The van der Waals surface area contributed by atoms with Gasteiger partial charge in [-0.1, -0.05) is 55.8 Å². The van der Waals surface area contributed by atoms with Gasteiger partial charge in [0.25, 0.3) is 0 Å². The van der Waals surface area contributed by atoms with E-state index in [9.17, 15) is 5.11 Å². The Morgan fingerprint density at radius 3 is 2.70 bits per heavy atom. The second kappa shape index (κ2) is 12.4. The monoisotopic (exact) mass is 559 g/mol. The highest BCUT2D eigenvalue weighted by Crippen LogP contribution is 2.38. The molecule has 212 valence electrons. The fraction of sp³-hybridized carbons (Fsp3) is 0.441. The van der Waals surface area contributed by atoms with Crippen LogP contribution in [0.5, 0.6) is 5.75 Å². The Kier molecular flexibility index (Phi) is 8.96. The molecule has 0 aliphatic carbocycles. The molecular formula is C34H42ClN3O2. The van der Waals surface area contributed by atoms with Gasteiger partial charge >= 0.3 is 0 Å². The van der Waals surface area contributed by atoms with Crippen LogP contribution >= 0.6 is 11.6 Å². The molecule has 2 aromatic carbocycles. The molecule has 5 rings (SSSR count). The van der Waals surface area contributed by atoms with Crippen molar-refractivity contribution in [2.75, 3.05) is 26.2 Å². The molecule has 0 saturated carbocycles. The molecule has 40 heavy (non-hydrogen) atoms. The molecule has 6 heteroatoms. The third-order valence-corrected chi connectivity index (χ3v) is 8.23. The summed E-state index contributed by atoms with van der Waals surface area (Å²) < 4.78 is 6.17. The van der Waals surface area contributed by atoms with Gasteiger partial charge in [-0.3, -0.25) is 9.88 Å². The number of fused-ring (bicyclic) bond motifs is 2. The van der Waals surface area contributed by atoms with Gasteiger partial charge in [-0.2, -0.15) is 0 Å². The zero-order valence-corrected chi connectivity index (χ0v) is 25.0. The molecule has 0 amide bonds. The standard InChI is InChI=1S/C34H42ClN3O2/c1-24(2)20-38(21-25-9-12-27(35)13-10-25)28-15-18-37(22-28)17-6-8-29-30-7-5-16-36-32(30)23-40-33-14-11-26(19-31(29)33)34(3,4)39/h5,7-14,16,19,24,28,39H,6,15,17-18,20-23H2,1-4H3/b29-8+. The normalized spacial score (nSPS) is 18.6. The van der Waals surface area contributed by atoms with Crippen LogP contribution < -0.4 is 4.74 Å². The molecule has 2 aliphatic heterocycles. The van der Waals surface area contributed by atoms with Gasteiger partial charge in [0.2, 0.25) is 0 Å². The zero-order chi connectivity index (χ0) is 28.3.